The molecule has 2 aromatic carbocycles. The zero-order valence-corrected chi connectivity index (χ0v) is 17.1. The molecular weight excluding hydrogens is 434 g/mol. The number of benzene rings is 2. The van der Waals surface area contributed by atoms with Crippen molar-refractivity contribution in [3.8, 4) is 5.75 Å². The fourth-order valence-electron chi connectivity index (χ4n) is 2.64. The first kappa shape index (κ1) is 21.3. The summed E-state index contributed by atoms with van der Waals surface area (Å²) in [4.78, 5) is 23.4. The van der Waals surface area contributed by atoms with E-state index in [1.807, 2.05) is 0 Å². The third kappa shape index (κ3) is 4.61. The molecule has 0 aliphatic carbocycles. The second-order valence-electron chi connectivity index (χ2n) is 6.08. The molecular formula is C19H16ClN3O6S. The van der Waals surface area contributed by atoms with Crippen LogP contribution in [0.1, 0.15) is 10.5 Å². The predicted molar refractivity (Wildman–Crippen MR) is 108 cm³/mol. The summed E-state index contributed by atoms with van der Waals surface area (Å²) < 4.78 is 32.1. The molecule has 156 valence electrons. The SMILES string of the molecule is COc1cc(NC(=O)c2ccnn2CC(=O)O)cc(S(=O)(=O)c2ccc(Cl)cc2)c1. The Balaban J connectivity index is 1.95. The molecule has 30 heavy (non-hydrogen) atoms. The monoisotopic (exact) mass is 449 g/mol. The third-order valence-electron chi connectivity index (χ3n) is 4.04. The highest BCUT2D eigenvalue weighted by Gasteiger charge is 2.21. The van der Waals surface area contributed by atoms with Gasteiger partial charge in [-0.1, -0.05) is 11.6 Å². The third-order valence-corrected chi connectivity index (χ3v) is 6.04. The predicted octanol–water partition coefficient (Wildman–Crippen LogP) is 2.71. The number of aliphatic carboxylic acids is 1. The second kappa shape index (κ2) is 8.56. The van der Waals surface area contributed by atoms with Gasteiger partial charge in [0.05, 0.1) is 16.9 Å². The van der Waals surface area contributed by atoms with Crippen molar-refractivity contribution < 1.29 is 27.9 Å². The van der Waals surface area contributed by atoms with E-state index < -0.39 is 28.3 Å². The first-order chi connectivity index (χ1) is 14.2. The minimum absolute atomic E-state index is 0.00216. The summed E-state index contributed by atoms with van der Waals surface area (Å²) in [5, 5.41) is 15.7. The number of aromatic nitrogens is 2. The Morgan fingerprint density at radius 1 is 1.13 bits per heavy atom. The number of amides is 1. The first-order valence-electron chi connectivity index (χ1n) is 8.45. The van der Waals surface area contributed by atoms with Crippen molar-refractivity contribution >= 4 is 39.0 Å². The summed E-state index contributed by atoms with van der Waals surface area (Å²) in [6.07, 6.45) is 1.29. The highest BCUT2D eigenvalue weighted by Crippen LogP contribution is 2.29. The lowest BCUT2D eigenvalue weighted by Crippen LogP contribution is -2.20. The number of rotatable bonds is 7. The molecule has 1 heterocycles. The van der Waals surface area contributed by atoms with E-state index in [4.69, 9.17) is 21.4 Å². The van der Waals surface area contributed by atoms with Crippen LogP contribution in [0.2, 0.25) is 5.02 Å². The summed E-state index contributed by atoms with van der Waals surface area (Å²) in [5.74, 6) is -1.61. The number of hydrogen-bond acceptors (Lipinski definition) is 6. The maximum Gasteiger partial charge on any atom is 0.325 e. The van der Waals surface area contributed by atoms with E-state index >= 15 is 0 Å². The number of hydrogen-bond donors (Lipinski definition) is 2. The number of halogens is 1. The lowest BCUT2D eigenvalue weighted by Gasteiger charge is -2.12. The van der Waals surface area contributed by atoms with E-state index in [1.165, 1.54) is 61.8 Å². The smallest absolute Gasteiger partial charge is 0.325 e. The number of carboxylic acid groups (broad SMARTS) is 1. The van der Waals surface area contributed by atoms with Gasteiger partial charge in [0.2, 0.25) is 9.84 Å². The van der Waals surface area contributed by atoms with E-state index in [0.717, 1.165) is 4.68 Å². The molecule has 0 aliphatic heterocycles. The van der Waals surface area contributed by atoms with Crippen LogP contribution in [0.5, 0.6) is 5.75 Å². The Kier molecular flexibility index (Phi) is 6.09. The van der Waals surface area contributed by atoms with Crippen molar-refractivity contribution in [2.45, 2.75) is 16.3 Å². The fourth-order valence-corrected chi connectivity index (χ4v) is 4.09. The van der Waals surface area contributed by atoms with Crippen LogP contribution in [0.25, 0.3) is 0 Å². The average Bonchev–Trinajstić information content (AvgIpc) is 3.15. The zero-order valence-electron chi connectivity index (χ0n) is 15.6. The topological polar surface area (TPSA) is 128 Å². The molecule has 0 unspecified atom stereocenters. The van der Waals surface area contributed by atoms with Crippen LogP contribution in [0.15, 0.2) is 64.5 Å². The van der Waals surface area contributed by atoms with Crippen LogP contribution in [0, 0.1) is 0 Å². The number of ether oxygens (including phenoxy) is 1. The maximum atomic E-state index is 13.0. The molecule has 1 amide bonds. The quantitative estimate of drug-likeness (QED) is 0.567. The van der Waals surface area contributed by atoms with Gasteiger partial charge >= 0.3 is 5.97 Å². The van der Waals surface area contributed by atoms with Gasteiger partial charge in [0.15, 0.2) is 0 Å². The summed E-state index contributed by atoms with van der Waals surface area (Å²) in [6, 6.07) is 11.1. The highest BCUT2D eigenvalue weighted by molar-refractivity contribution is 7.91. The Bertz CT molecular complexity index is 1210. The lowest BCUT2D eigenvalue weighted by molar-refractivity contribution is -0.137. The van der Waals surface area contributed by atoms with Crippen molar-refractivity contribution in [1.82, 2.24) is 9.78 Å². The number of sulfone groups is 1. The van der Waals surface area contributed by atoms with Crippen LogP contribution in [-0.4, -0.2) is 42.3 Å². The van der Waals surface area contributed by atoms with Crippen LogP contribution < -0.4 is 10.1 Å². The first-order valence-corrected chi connectivity index (χ1v) is 10.3. The van der Waals surface area contributed by atoms with Gasteiger partial charge in [-0.3, -0.25) is 9.59 Å². The minimum atomic E-state index is -3.91. The molecule has 0 saturated carbocycles. The fraction of sp³-hybridized carbons (Fsp3) is 0.105. The van der Waals surface area contributed by atoms with Crippen LogP contribution >= 0.6 is 11.6 Å². The average molecular weight is 450 g/mol. The standard InChI is InChI=1S/C19H16ClN3O6S/c1-29-14-8-13(22-19(26)17-6-7-21-23(17)11-18(24)25)9-16(10-14)30(27,28)15-4-2-12(20)3-5-15/h2-10H,11H2,1H3,(H,22,26)(H,24,25). The van der Waals surface area contributed by atoms with Crippen molar-refractivity contribution in [3.05, 3.63) is 65.4 Å². The normalized spacial score (nSPS) is 11.1. The second-order valence-corrected chi connectivity index (χ2v) is 8.46. The Hall–Kier alpha value is -3.37. The highest BCUT2D eigenvalue weighted by atomic mass is 35.5. The number of carbonyl (C=O) groups is 2. The number of carboxylic acids is 1. The van der Waals surface area contributed by atoms with Crippen molar-refractivity contribution in [2.24, 2.45) is 0 Å². The number of nitrogens with zero attached hydrogens (tertiary/aromatic N) is 2. The lowest BCUT2D eigenvalue weighted by atomic mass is 10.3. The molecule has 1 aromatic heterocycles. The van der Waals surface area contributed by atoms with Gasteiger partial charge in [0.25, 0.3) is 5.91 Å². The van der Waals surface area contributed by atoms with Gasteiger partial charge in [-0.25, -0.2) is 13.1 Å². The van der Waals surface area contributed by atoms with Crippen molar-refractivity contribution in [3.63, 3.8) is 0 Å². The molecule has 0 spiro atoms. The number of nitrogens with one attached hydrogen (secondary N) is 1. The number of methoxy groups -OCH3 is 1. The van der Waals surface area contributed by atoms with E-state index in [9.17, 15) is 18.0 Å². The maximum absolute atomic E-state index is 13.0. The molecule has 3 aromatic rings. The van der Waals surface area contributed by atoms with Gasteiger partial charge in [0.1, 0.15) is 18.0 Å². The van der Waals surface area contributed by atoms with Crippen LogP contribution in [0.3, 0.4) is 0 Å². The van der Waals surface area contributed by atoms with Gasteiger partial charge < -0.3 is 15.2 Å². The molecule has 0 bridgehead atoms. The van der Waals surface area contributed by atoms with Crippen molar-refractivity contribution in [2.75, 3.05) is 12.4 Å². The van der Waals surface area contributed by atoms with Crippen molar-refractivity contribution in [1.29, 1.82) is 0 Å². The van der Waals surface area contributed by atoms with Gasteiger partial charge in [-0.15, -0.1) is 0 Å². The molecule has 0 fully saturated rings. The molecule has 11 heteroatoms. The molecule has 0 atom stereocenters. The molecule has 0 saturated heterocycles. The zero-order chi connectivity index (χ0) is 21.9. The molecule has 0 aliphatic rings. The van der Waals surface area contributed by atoms with Crippen LogP contribution in [0.4, 0.5) is 5.69 Å². The summed E-state index contributed by atoms with van der Waals surface area (Å²) in [5.41, 5.74) is 0.150. The Morgan fingerprint density at radius 2 is 1.83 bits per heavy atom. The van der Waals surface area contributed by atoms with E-state index in [2.05, 4.69) is 10.4 Å². The number of anilines is 1. The van der Waals surface area contributed by atoms with Gasteiger partial charge in [-0.2, -0.15) is 5.10 Å². The van der Waals surface area contributed by atoms with E-state index in [-0.39, 0.29) is 26.9 Å². The van der Waals surface area contributed by atoms with E-state index in [0.29, 0.717) is 5.02 Å². The Labute approximate surface area is 176 Å². The molecule has 3 rings (SSSR count). The van der Waals surface area contributed by atoms with Gasteiger partial charge in [0, 0.05) is 23.0 Å². The summed E-state index contributed by atoms with van der Waals surface area (Å²) >= 11 is 5.82. The van der Waals surface area contributed by atoms with E-state index in [1.54, 1.807) is 0 Å². The van der Waals surface area contributed by atoms with Gasteiger partial charge in [-0.05, 0) is 42.5 Å². The van der Waals surface area contributed by atoms with Crippen LogP contribution in [-0.2, 0) is 21.2 Å². The molecule has 2 N–H and O–H groups in total. The largest absolute Gasteiger partial charge is 0.497 e. The minimum Gasteiger partial charge on any atom is -0.497 e. The number of carbonyl (C=O) groups excluding carboxylic acids is 1. The molecule has 9 nitrogen and oxygen atoms in total. The summed E-state index contributed by atoms with van der Waals surface area (Å²) in [6.45, 7) is -0.496. The molecule has 0 radical (unpaired) electrons. The Morgan fingerprint density at radius 3 is 2.47 bits per heavy atom. The summed E-state index contributed by atoms with van der Waals surface area (Å²) in [7, 11) is -2.55.